The van der Waals surface area contributed by atoms with E-state index < -0.39 is 6.10 Å². The molecule has 2 atom stereocenters. The fourth-order valence-corrected chi connectivity index (χ4v) is 1.12. The Morgan fingerprint density at radius 2 is 2.29 bits per heavy atom. The quantitative estimate of drug-likeness (QED) is 0.509. The number of carbonyl (C=O) groups is 1. The number of hydrogen-bond acceptors (Lipinski definition) is 4. The molecule has 0 spiro atoms. The lowest BCUT2D eigenvalue weighted by Gasteiger charge is -2.17. The molecule has 0 fully saturated rings. The van der Waals surface area contributed by atoms with Crippen molar-refractivity contribution in [2.45, 2.75) is 31.9 Å². The Bertz CT molecular complexity index is 160. The second-order valence-corrected chi connectivity index (χ2v) is 3.24. The zero-order valence-electron chi connectivity index (χ0n) is 8.82. The molecule has 2 unspecified atom stereocenters. The van der Waals surface area contributed by atoms with Gasteiger partial charge in [-0.2, -0.15) is 0 Å². The van der Waals surface area contributed by atoms with Crippen molar-refractivity contribution in [2.75, 3.05) is 20.3 Å². The average Bonchev–Trinajstić information content (AvgIpc) is 2.16. The molecular weight excluding hydrogens is 184 g/mol. The van der Waals surface area contributed by atoms with E-state index in [1.165, 1.54) is 7.11 Å². The van der Waals surface area contributed by atoms with Crippen LogP contribution in [0, 0.1) is 0 Å². The van der Waals surface area contributed by atoms with Gasteiger partial charge in [-0.1, -0.05) is 0 Å². The summed E-state index contributed by atoms with van der Waals surface area (Å²) in [5.74, 6) is -0.194. The largest absolute Gasteiger partial charge is 0.396 e. The zero-order valence-corrected chi connectivity index (χ0v) is 8.82. The highest BCUT2D eigenvalue weighted by Crippen LogP contribution is 1.96. The summed E-state index contributed by atoms with van der Waals surface area (Å²) in [6.45, 7) is 2.21. The third-order valence-electron chi connectivity index (χ3n) is 1.97. The molecule has 0 rings (SSSR count). The maximum absolute atomic E-state index is 11.4. The van der Waals surface area contributed by atoms with Crippen molar-refractivity contribution < 1.29 is 14.6 Å². The third-order valence-corrected chi connectivity index (χ3v) is 1.97. The highest BCUT2D eigenvalue weighted by Gasteiger charge is 2.17. The predicted molar refractivity (Wildman–Crippen MR) is 53.8 cm³/mol. The first kappa shape index (κ1) is 13.4. The number of aliphatic hydroxyl groups excluding tert-OH is 1. The summed E-state index contributed by atoms with van der Waals surface area (Å²) in [7, 11) is 1.45. The topological polar surface area (TPSA) is 84.6 Å². The Balaban J connectivity index is 3.79. The summed E-state index contributed by atoms with van der Waals surface area (Å²) in [6, 6.07) is 0.0406. The van der Waals surface area contributed by atoms with Crippen LogP contribution in [0.5, 0.6) is 0 Å². The molecule has 5 heteroatoms. The van der Waals surface area contributed by atoms with Crippen molar-refractivity contribution in [3.8, 4) is 0 Å². The van der Waals surface area contributed by atoms with E-state index in [2.05, 4.69) is 5.32 Å². The van der Waals surface area contributed by atoms with Crippen molar-refractivity contribution in [1.29, 1.82) is 0 Å². The predicted octanol–water partition coefficient (Wildman–Crippen LogP) is -0.763. The number of nitrogens with two attached hydrogens (primary N) is 1. The van der Waals surface area contributed by atoms with Gasteiger partial charge in [0, 0.05) is 26.3 Å². The van der Waals surface area contributed by atoms with Crippen LogP contribution in [0.4, 0.5) is 0 Å². The van der Waals surface area contributed by atoms with E-state index in [-0.39, 0.29) is 25.1 Å². The molecule has 4 N–H and O–H groups in total. The van der Waals surface area contributed by atoms with E-state index in [0.29, 0.717) is 6.42 Å². The summed E-state index contributed by atoms with van der Waals surface area (Å²) in [5.41, 5.74) is 5.33. The van der Waals surface area contributed by atoms with Crippen LogP contribution in [0.3, 0.4) is 0 Å². The van der Waals surface area contributed by atoms with E-state index in [1.807, 2.05) is 6.92 Å². The fraction of sp³-hybridized carbons (Fsp3) is 0.889. The Labute approximate surface area is 84.6 Å². The molecule has 0 radical (unpaired) electrons. The van der Waals surface area contributed by atoms with E-state index in [0.717, 1.165) is 6.42 Å². The SMILES string of the molecule is COC(CN)C(=O)NC(C)CCCO. The van der Waals surface area contributed by atoms with Gasteiger partial charge < -0.3 is 20.9 Å². The number of nitrogens with one attached hydrogen (secondary N) is 1. The van der Waals surface area contributed by atoms with Crippen LogP contribution in [-0.4, -0.2) is 43.4 Å². The summed E-state index contributed by atoms with van der Waals surface area (Å²) in [5, 5.41) is 11.4. The van der Waals surface area contributed by atoms with Gasteiger partial charge in [0.2, 0.25) is 0 Å². The molecule has 1 amide bonds. The van der Waals surface area contributed by atoms with E-state index >= 15 is 0 Å². The molecule has 84 valence electrons. The number of carbonyl (C=O) groups excluding carboxylic acids is 1. The molecule has 0 bridgehead atoms. The minimum absolute atomic E-state index is 0.0406. The number of methoxy groups -OCH3 is 1. The molecule has 0 aromatic heterocycles. The van der Waals surface area contributed by atoms with Gasteiger partial charge in [0.15, 0.2) is 0 Å². The normalized spacial score (nSPS) is 14.9. The van der Waals surface area contributed by atoms with Crippen molar-refractivity contribution in [3.63, 3.8) is 0 Å². The van der Waals surface area contributed by atoms with Gasteiger partial charge in [0.1, 0.15) is 6.10 Å². The highest BCUT2D eigenvalue weighted by molar-refractivity contribution is 5.81. The smallest absolute Gasteiger partial charge is 0.250 e. The van der Waals surface area contributed by atoms with Gasteiger partial charge in [0.25, 0.3) is 5.91 Å². The minimum Gasteiger partial charge on any atom is -0.396 e. The van der Waals surface area contributed by atoms with Crippen LogP contribution < -0.4 is 11.1 Å². The number of rotatable bonds is 7. The molecule has 0 aliphatic carbocycles. The van der Waals surface area contributed by atoms with Crippen LogP contribution >= 0.6 is 0 Å². The van der Waals surface area contributed by atoms with Crippen LogP contribution in [0.25, 0.3) is 0 Å². The third kappa shape index (κ3) is 5.16. The summed E-state index contributed by atoms with van der Waals surface area (Å²) in [6.07, 6.45) is 0.858. The number of ether oxygens (including phenoxy) is 1. The molecule has 0 heterocycles. The lowest BCUT2D eigenvalue weighted by atomic mass is 10.2. The second kappa shape index (κ2) is 7.73. The summed E-state index contributed by atoms with van der Waals surface area (Å²) >= 11 is 0. The van der Waals surface area contributed by atoms with Gasteiger partial charge in [-0.3, -0.25) is 4.79 Å². The minimum atomic E-state index is -0.577. The Hall–Kier alpha value is -0.650. The molecular formula is C9H20N2O3. The first-order valence-electron chi connectivity index (χ1n) is 4.79. The lowest BCUT2D eigenvalue weighted by molar-refractivity contribution is -0.131. The van der Waals surface area contributed by atoms with Crippen LogP contribution in [-0.2, 0) is 9.53 Å². The van der Waals surface area contributed by atoms with Gasteiger partial charge in [-0.05, 0) is 19.8 Å². The fourth-order valence-electron chi connectivity index (χ4n) is 1.12. The molecule has 0 aliphatic heterocycles. The van der Waals surface area contributed by atoms with E-state index in [4.69, 9.17) is 15.6 Å². The molecule has 0 saturated carbocycles. The molecule has 0 aliphatic rings. The maximum Gasteiger partial charge on any atom is 0.250 e. The van der Waals surface area contributed by atoms with E-state index in [1.54, 1.807) is 0 Å². The Morgan fingerprint density at radius 1 is 1.64 bits per heavy atom. The molecule has 0 saturated heterocycles. The monoisotopic (exact) mass is 204 g/mol. The second-order valence-electron chi connectivity index (χ2n) is 3.24. The summed E-state index contributed by atoms with van der Waals surface area (Å²) < 4.78 is 4.88. The van der Waals surface area contributed by atoms with Crippen molar-refractivity contribution in [3.05, 3.63) is 0 Å². The maximum atomic E-state index is 11.4. The first-order valence-corrected chi connectivity index (χ1v) is 4.79. The summed E-state index contributed by atoms with van der Waals surface area (Å²) in [4.78, 5) is 11.4. The average molecular weight is 204 g/mol. The van der Waals surface area contributed by atoms with Crippen LogP contribution in [0.15, 0.2) is 0 Å². The van der Waals surface area contributed by atoms with Crippen LogP contribution in [0.2, 0.25) is 0 Å². The molecule has 0 aromatic rings. The standard InChI is InChI=1S/C9H20N2O3/c1-7(4-3-5-12)11-9(13)8(6-10)14-2/h7-8,12H,3-6,10H2,1-2H3,(H,11,13). The first-order chi connectivity index (χ1) is 6.65. The Kier molecular flexibility index (Phi) is 7.37. The Morgan fingerprint density at radius 3 is 2.71 bits per heavy atom. The van der Waals surface area contributed by atoms with Gasteiger partial charge in [0.05, 0.1) is 0 Å². The number of aliphatic hydroxyl groups is 1. The molecule has 14 heavy (non-hydrogen) atoms. The van der Waals surface area contributed by atoms with E-state index in [9.17, 15) is 4.79 Å². The van der Waals surface area contributed by atoms with Crippen LogP contribution in [0.1, 0.15) is 19.8 Å². The lowest BCUT2D eigenvalue weighted by Crippen LogP contribution is -2.44. The van der Waals surface area contributed by atoms with Gasteiger partial charge in [-0.25, -0.2) is 0 Å². The molecule has 0 aromatic carbocycles. The van der Waals surface area contributed by atoms with Gasteiger partial charge >= 0.3 is 0 Å². The van der Waals surface area contributed by atoms with Crippen molar-refractivity contribution >= 4 is 5.91 Å². The number of amides is 1. The van der Waals surface area contributed by atoms with Crippen molar-refractivity contribution in [1.82, 2.24) is 5.32 Å². The highest BCUT2D eigenvalue weighted by atomic mass is 16.5. The zero-order chi connectivity index (χ0) is 11.0. The molecule has 5 nitrogen and oxygen atoms in total. The number of hydrogen-bond donors (Lipinski definition) is 3. The van der Waals surface area contributed by atoms with Gasteiger partial charge in [-0.15, -0.1) is 0 Å². The van der Waals surface area contributed by atoms with Crippen molar-refractivity contribution in [2.24, 2.45) is 5.73 Å².